The Morgan fingerprint density at radius 1 is 1.11 bits per heavy atom. The van der Waals surface area contributed by atoms with Crippen LogP contribution in [0.4, 0.5) is 8.78 Å². The van der Waals surface area contributed by atoms with Crippen molar-refractivity contribution >= 4 is 0 Å². The van der Waals surface area contributed by atoms with Gasteiger partial charge in [0, 0.05) is 6.54 Å². The molecule has 0 amide bonds. The fraction of sp³-hybridized carbons (Fsp3) is 0.571. The van der Waals surface area contributed by atoms with Crippen LogP contribution in [-0.4, -0.2) is 31.1 Å². The van der Waals surface area contributed by atoms with Crippen molar-refractivity contribution in [3.8, 4) is 0 Å². The van der Waals surface area contributed by atoms with E-state index in [1.165, 1.54) is 12.1 Å². The Morgan fingerprint density at radius 2 is 1.83 bits per heavy atom. The van der Waals surface area contributed by atoms with E-state index in [2.05, 4.69) is 24.1 Å². The zero-order valence-electron chi connectivity index (χ0n) is 11.2. The van der Waals surface area contributed by atoms with Gasteiger partial charge in [-0.3, -0.25) is 0 Å². The van der Waals surface area contributed by atoms with Gasteiger partial charge in [0.2, 0.25) is 0 Å². The lowest BCUT2D eigenvalue weighted by molar-refractivity contribution is 0.298. The molecule has 1 aromatic rings. The average molecular weight is 256 g/mol. The van der Waals surface area contributed by atoms with Gasteiger partial charge < -0.3 is 10.2 Å². The number of benzene rings is 1. The molecule has 0 aliphatic rings. The van der Waals surface area contributed by atoms with Crippen LogP contribution in [0.1, 0.15) is 25.8 Å². The SMILES string of the molecule is CCN(CC)CCCNCc1ccc(F)c(F)c1. The Bertz CT molecular complexity index is 352. The summed E-state index contributed by atoms with van der Waals surface area (Å²) in [6.45, 7) is 8.97. The van der Waals surface area contributed by atoms with Crippen LogP contribution in [0, 0.1) is 11.6 Å². The summed E-state index contributed by atoms with van der Waals surface area (Å²) in [6, 6.07) is 4.02. The Balaban J connectivity index is 2.19. The summed E-state index contributed by atoms with van der Waals surface area (Å²) in [7, 11) is 0. The lowest BCUT2D eigenvalue weighted by Gasteiger charge is -2.17. The maximum Gasteiger partial charge on any atom is 0.159 e. The topological polar surface area (TPSA) is 15.3 Å². The van der Waals surface area contributed by atoms with Crippen LogP contribution in [-0.2, 0) is 6.54 Å². The lowest BCUT2D eigenvalue weighted by Crippen LogP contribution is -2.27. The molecule has 1 N–H and O–H groups in total. The van der Waals surface area contributed by atoms with Crippen molar-refractivity contribution in [2.75, 3.05) is 26.2 Å². The molecule has 0 spiro atoms. The van der Waals surface area contributed by atoms with Gasteiger partial charge in [-0.15, -0.1) is 0 Å². The van der Waals surface area contributed by atoms with Gasteiger partial charge >= 0.3 is 0 Å². The number of halogens is 2. The van der Waals surface area contributed by atoms with Crippen LogP contribution < -0.4 is 5.32 Å². The van der Waals surface area contributed by atoms with Gasteiger partial charge in [0.15, 0.2) is 11.6 Å². The predicted molar refractivity (Wildman–Crippen MR) is 70.5 cm³/mol. The van der Waals surface area contributed by atoms with Gasteiger partial charge in [0.1, 0.15) is 0 Å². The number of rotatable bonds is 8. The van der Waals surface area contributed by atoms with Crippen molar-refractivity contribution in [3.05, 3.63) is 35.4 Å². The summed E-state index contributed by atoms with van der Waals surface area (Å²) in [5.74, 6) is -1.57. The average Bonchev–Trinajstić information content (AvgIpc) is 2.38. The van der Waals surface area contributed by atoms with Gasteiger partial charge in [-0.2, -0.15) is 0 Å². The number of nitrogens with zero attached hydrogens (tertiary/aromatic N) is 1. The van der Waals surface area contributed by atoms with Crippen molar-refractivity contribution in [1.29, 1.82) is 0 Å². The zero-order valence-corrected chi connectivity index (χ0v) is 11.2. The van der Waals surface area contributed by atoms with E-state index in [1.807, 2.05) is 0 Å². The summed E-state index contributed by atoms with van der Waals surface area (Å²) in [5.41, 5.74) is 0.775. The minimum atomic E-state index is -0.791. The highest BCUT2D eigenvalue weighted by atomic mass is 19.2. The number of nitrogens with one attached hydrogen (secondary N) is 1. The Morgan fingerprint density at radius 3 is 2.44 bits per heavy atom. The second kappa shape index (κ2) is 8.16. The standard InChI is InChI=1S/C14H22F2N2/c1-3-18(4-2)9-5-8-17-11-12-6-7-13(15)14(16)10-12/h6-7,10,17H,3-5,8-9,11H2,1-2H3. The van der Waals surface area contributed by atoms with E-state index in [1.54, 1.807) is 6.07 Å². The Kier molecular flexibility index (Phi) is 6.83. The molecular formula is C14H22F2N2. The normalized spacial score (nSPS) is 11.2. The maximum atomic E-state index is 12.9. The zero-order chi connectivity index (χ0) is 13.4. The van der Waals surface area contributed by atoms with Crippen molar-refractivity contribution in [3.63, 3.8) is 0 Å². The van der Waals surface area contributed by atoms with Crippen LogP contribution in [0.2, 0.25) is 0 Å². The third kappa shape index (κ3) is 5.10. The minimum Gasteiger partial charge on any atom is -0.313 e. The third-order valence-electron chi connectivity index (χ3n) is 3.04. The molecule has 0 heterocycles. The number of hydrogen-bond donors (Lipinski definition) is 1. The highest BCUT2D eigenvalue weighted by Gasteiger charge is 2.02. The van der Waals surface area contributed by atoms with E-state index >= 15 is 0 Å². The van der Waals surface area contributed by atoms with E-state index in [0.717, 1.165) is 38.2 Å². The van der Waals surface area contributed by atoms with Crippen LogP contribution in [0.3, 0.4) is 0 Å². The first-order valence-corrected chi connectivity index (χ1v) is 6.54. The molecule has 0 atom stereocenters. The van der Waals surface area contributed by atoms with Gasteiger partial charge in [-0.25, -0.2) is 8.78 Å². The first kappa shape index (κ1) is 15.1. The second-order valence-corrected chi connectivity index (χ2v) is 4.31. The molecule has 4 heteroatoms. The van der Waals surface area contributed by atoms with Crippen molar-refractivity contribution in [1.82, 2.24) is 10.2 Å². The Hall–Kier alpha value is -1.00. The van der Waals surface area contributed by atoms with Gasteiger partial charge in [-0.05, 0) is 50.3 Å². The number of hydrogen-bond acceptors (Lipinski definition) is 2. The highest BCUT2D eigenvalue weighted by Crippen LogP contribution is 2.08. The first-order chi connectivity index (χ1) is 8.67. The third-order valence-corrected chi connectivity index (χ3v) is 3.04. The summed E-state index contributed by atoms with van der Waals surface area (Å²) in [6.07, 6.45) is 1.06. The fourth-order valence-electron chi connectivity index (χ4n) is 1.85. The van der Waals surface area contributed by atoms with Crippen LogP contribution in [0.15, 0.2) is 18.2 Å². The second-order valence-electron chi connectivity index (χ2n) is 4.31. The minimum absolute atomic E-state index is 0.579. The molecule has 102 valence electrons. The fourth-order valence-corrected chi connectivity index (χ4v) is 1.85. The van der Waals surface area contributed by atoms with Crippen LogP contribution in [0.5, 0.6) is 0 Å². The van der Waals surface area contributed by atoms with Crippen molar-refractivity contribution in [2.45, 2.75) is 26.8 Å². The molecule has 0 saturated heterocycles. The molecular weight excluding hydrogens is 234 g/mol. The van der Waals surface area contributed by atoms with Crippen molar-refractivity contribution in [2.24, 2.45) is 0 Å². The molecule has 0 aliphatic heterocycles. The molecule has 0 fully saturated rings. The first-order valence-electron chi connectivity index (χ1n) is 6.54. The van der Waals surface area contributed by atoms with Crippen LogP contribution >= 0.6 is 0 Å². The summed E-state index contributed by atoms with van der Waals surface area (Å²) in [4.78, 5) is 2.36. The molecule has 0 unspecified atom stereocenters. The van der Waals surface area contributed by atoms with E-state index in [-0.39, 0.29) is 0 Å². The summed E-state index contributed by atoms with van der Waals surface area (Å²) in [5, 5.41) is 3.24. The molecule has 0 saturated carbocycles. The molecule has 2 nitrogen and oxygen atoms in total. The van der Waals surface area contributed by atoms with Crippen molar-refractivity contribution < 1.29 is 8.78 Å². The van der Waals surface area contributed by atoms with E-state index in [0.29, 0.717) is 6.54 Å². The quantitative estimate of drug-likeness (QED) is 0.719. The highest BCUT2D eigenvalue weighted by molar-refractivity contribution is 5.17. The predicted octanol–water partition coefficient (Wildman–Crippen LogP) is 2.79. The largest absolute Gasteiger partial charge is 0.313 e. The maximum absolute atomic E-state index is 12.9. The molecule has 18 heavy (non-hydrogen) atoms. The van der Waals surface area contributed by atoms with E-state index in [9.17, 15) is 8.78 Å². The molecule has 0 aliphatic carbocycles. The smallest absolute Gasteiger partial charge is 0.159 e. The molecule has 0 aromatic heterocycles. The van der Waals surface area contributed by atoms with Gasteiger partial charge in [0.05, 0.1) is 0 Å². The lowest BCUT2D eigenvalue weighted by atomic mass is 10.2. The molecule has 1 rings (SSSR count). The molecule has 0 bridgehead atoms. The van der Waals surface area contributed by atoms with Crippen LogP contribution in [0.25, 0.3) is 0 Å². The van der Waals surface area contributed by atoms with Gasteiger partial charge in [-0.1, -0.05) is 19.9 Å². The summed E-state index contributed by atoms with van der Waals surface area (Å²) < 4.78 is 25.7. The van der Waals surface area contributed by atoms with E-state index in [4.69, 9.17) is 0 Å². The van der Waals surface area contributed by atoms with E-state index < -0.39 is 11.6 Å². The summed E-state index contributed by atoms with van der Waals surface area (Å²) >= 11 is 0. The van der Waals surface area contributed by atoms with Gasteiger partial charge in [0.25, 0.3) is 0 Å². The monoisotopic (exact) mass is 256 g/mol. The molecule has 1 aromatic carbocycles. The molecule has 0 radical (unpaired) electrons. The Labute approximate surface area is 108 Å².